The standard InChI is InChI=1S/C17H27N5O2/c1-14(23)18-15-5-4-6-16(13-15)19-17(24)22-11-9-21(10-12-22)8-7-20(2)3/h4-6,13H,7-12H2,1-3H3,(H,18,23)(H,19,24). The number of nitrogens with one attached hydrogen (secondary N) is 2. The number of piperazine rings is 1. The Morgan fingerprint density at radius 3 is 2.29 bits per heavy atom. The normalized spacial score (nSPS) is 15.4. The van der Waals surface area contributed by atoms with E-state index in [-0.39, 0.29) is 11.9 Å². The van der Waals surface area contributed by atoms with Gasteiger partial charge in [0, 0.05) is 57.6 Å². The van der Waals surface area contributed by atoms with Gasteiger partial charge in [-0.1, -0.05) is 6.07 Å². The first-order valence-electron chi connectivity index (χ1n) is 8.25. The van der Waals surface area contributed by atoms with Crippen molar-refractivity contribution in [3.05, 3.63) is 24.3 Å². The zero-order valence-corrected chi connectivity index (χ0v) is 14.7. The van der Waals surface area contributed by atoms with Gasteiger partial charge in [-0.05, 0) is 32.3 Å². The molecule has 0 aromatic heterocycles. The molecule has 0 aliphatic carbocycles. The van der Waals surface area contributed by atoms with Crippen molar-refractivity contribution in [1.82, 2.24) is 14.7 Å². The van der Waals surface area contributed by atoms with Crippen molar-refractivity contribution in [3.8, 4) is 0 Å². The number of likely N-dealkylation sites (N-methyl/N-ethyl adjacent to an activating group) is 1. The molecule has 24 heavy (non-hydrogen) atoms. The molecule has 0 radical (unpaired) electrons. The van der Waals surface area contributed by atoms with Crippen LogP contribution < -0.4 is 10.6 Å². The summed E-state index contributed by atoms with van der Waals surface area (Å²) in [6, 6.07) is 7.08. The van der Waals surface area contributed by atoms with Crippen LogP contribution in [0.15, 0.2) is 24.3 Å². The van der Waals surface area contributed by atoms with Crippen LogP contribution in [0.2, 0.25) is 0 Å². The second kappa shape index (κ2) is 8.65. The molecule has 0 spiro atoms. The molecule has 0 bridgehead atoms. The number of anilines is 2. The molecular weight excluding hydrogens is 306 g/mol. The monoisotopic (exact) mass is 333 g/mol. The number of hydrogen-bond donors (Lipinski definition) is 2. The van der Waals surface area contributed by atoms with Crippen LogP contribution >= 0.6 is 0 Å². The third kappa shape index (κ3) is 5.82. The second-order valence-electron chi connectivity index (χ2n) is 6.32. The number of rotatable bonds is 5. The smallest absolute Gasteiger partial charge is 0.321 e. The summed E-state index contributed by atoms with van der Waals surface area (Å²) in [4.78, 5) is 29.9. The van der Waals surface area contributed by atoms with E-state index in [1.165, 1.54) is 6.92 Å². The lowest BCUT2D eigenvalue weighted by molar-refractivity contribution is -0.114. The number of carbonyl (C=O) groups excluding carboxylic acids is 2. The Bertz CT molecular complexity index is 568. The molecule has 1 saturated heterocycles. The zero-order chi connectivity index (χ0) is 17.5. The van der Waals surface area contributed by atoms with Gasteiger partial charge in [-0.3, -0.25) is 9.69 Å². The zero-order valence-electron chi connectivity index (χ0n) is 14.7. The van der Waals surface area contributed by atoms with Crippen molar-refractivity contribution in [1.29, 1.82) is 0 Å². The maximum absolute atomic E-state index is 12.4. The number of urea groups is 1. The number of nitrogens with zero attached hydrogens (tertiary/aromatic N) is 3. The largest absolute Gasteiger partial charge is 0.326 e. The van der Waals surface area contributed by atoms with Crippen LogP contribution in [0.3, 0.4) is 0 Å². The number of hydrogen-bond acceptors (Lipinski definition) is 4. The summed E-state index contributed by atoms with van der Waals surface area (Å²) in [7, 11) is 4.14. The lowest BCUT2D eigenvalue weighted by Gasteiger charge is -2.35. The third-order valence-electron chi connectivity index (χ3n) is 3.96. The average Bonchev–Trinajstić information content (AvgIpc) is 2.53. The first kappa shape index (κ1) is 18.2. The van der Waals surface area contributed by atoms with Crippen LogP contribution in [0.4, 0.5) is 16.2 Å². The summed E-state index contributed by atoms with van der Waals surface area (Å²) >= 11 is 0. The molecule has 2 rings (SSSR count). The van der Waals surface area contributed by atoms with Gasteiger partial charge in [-0.15, -0.1) is 0 Å². The summed E-state index contributed by atoms with van der Waals surface area (Å²) in [6.07, 6.45) is 0. The Kier molecular flexibility index (Phi) is 6.57. The molecule has 0 saturated carbocycles. The van der Waals surface area contributed by atoms with Crippen molar-refractivity contribution in [2.75, 3.05) is 64.0 Å². The third-order valence-corrected chi connectivity index (χ3v) is 3.96. The van der Waals surface area contributed by atoms with E-state index < -0.39 is 0 Å². The maximum atomic E-state index is 12.4. The summed E-state index contributed by atoms with van der Waals surface area (Å²) in [6.45, 7) is 6.76. The van der Waals surface area contributed by atoms with E-state index >= 15 is 0 Å². The molecule has 2 N–H and O–H groups in total. The number of amides is 3. The van der Waals surface area contributed by atoms with Crippen molar-refractivity contribution < 1.29 is 9.59 Å². The minimum absolute atomic E-state index is 0.0952. The van der Waals surface area contributed by atoms with Crippen molar-refractivity contribution >= 4 is 23.3 Å². The summed E-state index contributed by atoms with van der Waals surface area (Å²) < 4.78 is 0. The van der Waals surface area contributed by atoms with E-state index in [9.17, 15) is 9.59 Å². The van der Waals surface area contributed by atoms with E-state index in [1.54, 1.807) is 18.2 Å². The second-order valence-corrected chi connectivity index (χ2v) is 6.32. The highest BCUT2D eigenvalue weighted by Gasteiger charge is 2.21. The molecule has 132 valence electrons. The van der Waals surface area contributed by atoms with Gasteiger partial charge < -0.3 is 20.4 Å². The lowest BCUT2D eigenvalue weighted by Crippen LogP contribution is -2.51. The summed E-state index contributed by atoms with van der Waals surface area (Å²) in [5, 5.41) is 5.61. The van der Waals surface area contributed by atoms with Crippen molar-refractivity contribution in [3.63, 3.8) is 0 Å². The van der Waals surface area contributed by atoms with Crippen LogP contribution in [-0.2, 0) is 4.79 Å². The van der Waals surface area contributed by atoms with Gasteiger partial charge in [0.05, 0.1) is 0 Å². The predicted molar refractivity (Wildman–Crippen MR) is 96.3 cm³/mol. The number of benzene rings is 1. The predicted octanol–water partition coefficient (Wildman–Crippen LogP) is 1.36. The molecule has 3 amide bonds. The minimum atomic E-state index is -0.132. The van der Waals surface area contributed by atoms with Gasteiger partial charge in [0.15, 0.2) is 0 Å². The van der Waals surface area contributed by atoms with Gasteiger partial charge >= 0.3 is 6.03 Å². The van der Waals surface area contributed by atoms with Crippen LogP contribution in [0, 0.1) is 0 Å². The van der Waals surface area contributed by atoms with Gasteiger partial charge in [-0.2, -0.15) is 0 Å². The molecule has 0 unspecified atom stereocenters. The average molecular weight is 333 g/mol. The van der Waals surface area contributed by atoms with Crippen molar-refractivity contribution in [2.24, 2.45) is 0 Å². The topological polar surface area (TPSA) is 67.9 Å². The van der Waals surface area contributed by atoms with Gasteiger partial charge in [-0.25, -0.2) is 4.79 Å². The van der Waals surface area contributed by atoms with Gasteiger partial charge in [0.25, 0.3) is 0 Å². The first-order chi connectivity index (χ1) is 11.4. The molecule has 1 aliphatic rings. The SMILES string of the molecule is CC(=O)Nc1cccc(NC(=O)N2CCN(CCN(C)C)CC2)c1. The maximum Gasteiger partial charge on any atom is 0.321 e. The van der Waals surface area contributed by atoms with E-state index in [1.807, 2.05) is 11.0 Å². The number of carbonyl (C=O) groups is 2. The van der Waals surface area contributed by atoms with E-state index in [0.717, 1.165) is 39.3 Å². The highest BCUT2D eigenvalue weighted by atomic mass is 16.2. The van der Waals surface area contributed by atoms with Gasteiger partial charge in [0.2, 0.25) is 5.91 Å². The fraction of sp³-hybridized carbons (Fsp3) is 0.529. The minimum Gasteiger partial charge on any atom is -0.326 e. The van der Waals surface area contributed by atoms with Crippen LogP contribution in [0.1, 0.15) is 6.92 Å². The Labute approximate surface area is 143 Å². The Hall–Kier alpha value is -2.12. The lowest BCUT2D eigenvalue weighted by atomic mass is 10.2. The molecule has 1 heterocycles. The molecule has 7 heteroatoms. The summed E-state index contributed by atoms with van der Waals surface area (Å²) in [5.41, 5.74) is 1.36. The highest BCUT2D eigenvalue weighted by molar-refractivity contribution is 5.92. The van der Waals surface area contributed by atoms with Crippen molar-refractivity contribution in [2.45, 2.75) is 6.92 Å². The Morgan fingerprint density at radius 2 is 1.71 bits per heavy atom. The van der Waals surface area contributed by atoms with E-state index in [2.05, 4.69) is 34.5 Å². The molecule has 1 aliphatic heterocycles. The van der Waals surface area contributed by atoms with E-state index in [0.29, 0.717) is 11.4 Å². The van der Waals surface area contributed by atoms with E-state index in [4.69, 9.17) is 0 Å². The Morgan fingerprint density at radius 1 is 1.08 bits per heavy atom. The molecular formula is C17H27N5O2. The van der Waals surface area contributed by atoms with Crippen LogP contribution in [0.5, 0.6) is 0 Å². The fourth-order valence-electron chi connectivity index (χ4n) is 2.60. The molecule has 1 fully saturated rings. The quantitative estimate of drug-likeness (QED) is 0.854. The molecule has 7 nitrogen and oxygen atoms in total. The first-order valence-corrected chi connectivity index (χ1v) is 8.25. The van der Waals surface area contributed by atoms with Crippen LogP contribution in [-0.4, -0.2) is 80.0 Å². The molecule has 1 aromatic carbocycles. The summed E-state index contributed by atoms with van der Waals surface area (Å²) in [5.74, 6) is -0.132. The van der Waals surface area contributed by atoms with Crippen LogP contribution in [0.25, 0.3) is 0 Å². The highest BCUT2D eigenvalue weighted by Crippen LogP contribution is 2.16. The fourth-order valence-corrected chi connectivity index (χ4v) is 2.60. The van der Waals surface area contributed by atoms with Gasteiger partial charge in [0.1, 0.15) is 0 Å². The molecule has 0 atom stereocenters. The molecule has 1 aromatic rings. The Balaban J connectivity index is 1.82.